The van der Waals surface area contributed by atoms with E-state index in [2.05, 4.69) is 0 Å². The molecular weight excluding hydrogens is 150 g/mol. The van der Waals surface area contributed by atoms with Crippen LogP contribution in [0.25, 0.3) is 0 Å². The Hall–Kier alpha value is -0.0800. The Morgan fingerprint density at radius 3 is 2.17 bits per heavy atom. The van der Waals surface area contributed by atoms with E-state index in [-0.39, 0.29) is 5.54 Å². The molecule has 0 spiro atoms. The number of nitrogens with two attached hydrogens (primary N) is 1. The second-order valence-corrected chi connectivity index (χ2v) is 5.07. The molecule has 2 aliphatic rings. The number of hydrogen-bond donors (Lipinski definition) is 2. The van der Waals surface area contributed by atoms with Gasteiger partial charge in [-0.25, -0.2) is 0 Å². The molecule has 2 rings (SSSR count). The summed E-state index contributed by atoms with van der Waals surface area (Å²) in [7, 11) is 0. The summed E-state index contributed by atoms with van der Waals surface area (Å²) in [4.78, 5) is 0. The molecule has 0 atom stereocenters. The first-order valence-electron chi connectivity index (χ1n) is 5.03. The van der Waals surface area contributed by atoms with E-state index in [1.807, 2.05) is 6.92 Å². The van der Waals surface area contributed by atoms with Gasteiger partial charge < -0.3 is 10.8 Å². The first-order valence-corrected chi connectivity index (χ1v) is 5.03. The molecule has 0 aromatic rings. The van der Waals surface area contributed by atoms with Gasteiger partial charge in [0.1, 0.15) is 0 Å². The van der Waals surface area contributed by atoms with Crippen LogP contribution in [0.3, 0.4) is 0 Å². The molecule has 0 amide bonds. The zero-order chi connectivity index (χ0) is 8.82. The molecule has 12 heavy (non-hydrogen) atoms. The van der Waals surface area contributed by atoms with E-state index in [0.29, 0.717) is 5.92 Å². The predicted molar refractivity (Wildman–Crippen MR) is 48.7 cm³/mol. The molecule has 0 heterocycles. The number of rotatable bonds is 1. The van der Waals surface area contributed by atoms with E-state index in [4.69, 9.17) is 5.73 Å². The van der Waals surface area contributed by atoms with Gasteiger partial charge in [-0.05, 0) is 38.5 Å². The minimum atomic E-state index is -0.461. The molecule has 2 nitrogen and oxygen atoms in total. The van der Waals surface area contributed by atoms with Crippen LogP contribution < -0.4 is 5.73 Å². The highest BCUT2D eigenvalue weighted by molar-refractivity contribution is 5.10. The topological polar surface area (TPSA) is 46.2 Å². The maximum absolute atomic E-state index is 9.63. The van der Waals surface area contributed by atoms with Gasteiger partial charge >= 0.3 is 0 Å². The third-order valence-electron chi connectivity index (χ3n) is 3.59. The van der Waals surface area contributed by atoms with E-state index < -0.39 is 5.60 Å². The van der Waals surface area contributed by atoms with Gasteiger partial charge in [0, 0.05) is 5.54 Å². The maximum Gasteiger partial charge on any atom is 0.0655 e. The fourth-order valence-electron chi connectivity index (χ4n) is 3.16. The van der Waals surface area contributed by atoms with Crippen molar-refractivity contribution in [1.29, 1.82) is 0 Å². The standard InChI is InChI=1S/C10H19NO/c1-9(12)6-10(11,7-9)8-4-2-3-5-8/h8,12H,2-7,11H2,1H3. The molecule has 0 aliphatic heterocycles. The fraction of sp³-hybridized carbons (Fsp3) is 1.00. The van der Waals surface area contributed by atoms with Crippen molar-refractivity contribution < 1.29 is 5.11 Å². The summed E-state index contributed by atoms with van der Waals surface area (Å²) in [5.41, 5.74) is 5.75. The lowest BCUT2D eigenvalue weighted by atomic mass is 9.60. The molecule has 0 aromatic carbocycles. The number of aliphatic hydroxyl groups is 1. The average Bonchev–Trinajstić information content (AvgIpc) is 2.31. The highest BCUT2D eigenvalue weighted by Crippen LogP contribution is 2.48. The van der Waals surface area contributed by atoms with Gasteiger partial charge in [-0.3, -0.25) is 0 Å². The summed E-state index contributed by atoms with van der Waals surface area (Å²) < 4.78 is 0. The van der Waals surface area contributed by atoms with Crippen LogP contribution >= 0.6 is 0 Å². The highest BCUT2D eigenvalue weighted by atomic mass is 16.3. The first-order chi connectivity index (χ1) is 5.52. The normalized spacial score (nSPS) is 49.2. The van der Waals surface area contributed by atoms with Crippen molar-refractivity contribution in [3.8, 4) is 0 Å². The first kappa shape index (κ1) is 8.52. The molecule has 2 saturated carbocycles. The Balaban J connectivity index is 1.96. The quantitative estimate of drug-likeness (QED) is 0.623. The van der Waals surface area contributed by atoms with Crippen molar-refractivity contribution in [2.45, 2.75) is 56.6 Å². The Bertz CT molecular complexity index is 174. The molecule has 0 unspecified atom stereocenters. The average molecular weight is 169 g/mol. The van der Waals surface area contributed by atoms with Crippen LogP contribution in [0.5, 0.6) is 0 Å². The van der Waals surface area contributed by atoms with E-state index in [0.717, 1.165) is 12.8 Å². The lowest BCUT2D eigenvalue weighted by molar-refractivity contribution is -0.0912. The SMILES string of the molecule is CC1(O)CC(N)(C2CCCC2)C1. The fourth-order valence-corrected chi connectivity index (χ4v) is 3.16. The summed E-state index contributed by atoms with van der Waals surface area (Å²) >= 11 is 0. The van der Waals surface area contributed by atoms with E-state index in [1.54, 1.807) is 0 Å². The molecule has 0 saturated heterocycles. The van der Waals surface area contributed by atoms with Gasteiger partial charge in [-0.1, -0.05) is 12.8 Å². The largest absolute Gasteiger partial charge is 0.390 e. The Morgan fingerprint density at radius 1 is 1.25 bits per heavy atom. The van der Waals surface area contributed by atoms with Gasteiger partial charge in [-0.2, -0.15) is 0 Å². The van der Waals surface area contributed by atoms with E-state index in [9.17, 15) is 5.11 Å². The number of hydrogen-bond acceptors (Lipinski definition) is 2. The van der Waals surface area contributed by atoms with E-state index in [1.165, 1.54) is 25.7 Å². The van der Waals surface area contributed by atoms with Gasteiger partial charge in [0.15, 0.2) is 0 Å². The van der Waals surface area contributed by atoms with Crippen LogP contribution in [0, 0.1) is 5.92 Å². The summed E-state index contributed by atoms with van der Waals surface area (Å²) in [5, 5.41) is 9.63. The Kier molecular flexibility index (Phi) is 1.74. The predicted octanol–water partition coefficient (Wildman–Crippen LogP) is 1.42. The Morgan fingerprint density at radius 2 is 1.75 bits per heavy atom. The van der Waals surface area contributed by atoms with Crippen molar-refractivity contribution in [2.24, 2.45) is 11.7 Å². The monoisotopic (exact) mass is 169 g/mol. The van der Waals surface area contributed by atoms with Crippen LogP contribution in [0.15, 0.2) is 0 Å². The van der Waals surface area contributed by atoms with Crippen LogP contribution in [0.2, 0.25) is 0 Å². The molecule has 2 fully saturated rings. The minimum Gasteiger partial charge on any atom is -0.390 e. The zero-order valence-electron chi connectivity index (χ0n) is 7.84. The Labute approximate surface area is 74.1 Å². The van der Waals surface area contributed by atoms with Crippen molar-refractivity contribution in [3.63, 3.8) is 0 Å². The third kappa shape index (κ3) is 1.27. The van der Waals surface area contributed by atoms with Crippen molar-refractivity contribution >= 4 is 0 Å². The molecule has 70 valence electrons. The molecule has 0 bridgehead atoms. The smallest absolute Gasteiger partial charge is 0.0655 e. The molecule has 0 radical (unpaired) electrons. The summed E-state index contributed by atoms with van der Waals surface area (Å²) in [6.07, 6.45) is 6.87. The maximum atomic E-state index is 9.63. The molecule has 0 aromatic heterocycles. The minimum absolute atomic E-state index is 0.0139. The van der Waals surface area contributed by atoms with Crippen molar-refractivity contribution in [2.75, 3.05) is 0 Å². The van der Waals surface area contributed by atoms with Crippen LogP contribution in [0.1, 0.15) is 45.4 Å². The van der Waals surface area contributed by atoms with Crippen LogP contribution in [-0.4, -0.2) is 16.2 Å². The lowest BCUT2D eigenvalue weighted by Gasteiger charge is -2.53. The molecule has 2 heteroatoms. The zero-order valence-corrected chi connectivity index (χ0v) is 7.84. The van der Waals surface area contributed by atoms with Gasteiger partial charge in [0.2, 0.25) is 0 Å². The van der Waals surface area contributed by atoms with Gasteiger partial charge in [-0.15, -0.1) is 0 Å². The van der Waals surface area contributed by atoms with Gasteiger partial charge in [0.05, 0.1) is 5.60 Å². The van der Waals surface area contributed by atoms with Gasteiger partial charge in [0.25, 0.3) is 0 Å². The summed E-state index contributed by atoms with van der Waals surface area (Å²) in [5.74, 6) is 0.692. The second-order valence-electron chi connectivity index (χ2n) is 5.07. The molecule has 2 aliphatic carbocycles. The van der Waals surface area contributed by atoms with E-state index >= 15 is 0 Å². The summed E-state index contributed by atoms with van der Waals surface area (Å²) in [6, 6.07) is 0. The van der Waals surface area contributed by atoms with Crippen LogP contribution in [0.4, 0.5) is 0 Å². The second kappa shape index (κ2) is 2.46. The van der Waals surface area contributed by atoms with Crippen molar-refractivity contribution in [3.05, 3.63) is 0 Å². The molecular formula is C10H19NO. The lowest BCUT2D eigenvalue weighted by Crippen LogP contribution is -2.64. The molecule has 3 N–H and O–H groups in total. The highest BCUT2D eigenvalue weighted by Gasteiger charge is 2.52. The van der Waals surface area contributed by atoms with Crippen LogP contribution in [-0.2, 0) is 0 Å². The van der Waals surface area contributed by atoms with Crippen molar-refractivity contribution in [1.82, 2.24) is 0 Å². The third-order valence-corrected chi connectivity index (χ3v) is 3.59. The summed E-state index contributed by atoms with van der Waals surface area (Å²) in [6.45, 7) is 1.90.